The van der Waals surface area contributed by atoms with E-state index in [0.29, 0.717) is 65.1 Å². The fraction of sp³-hybridized carbons (Fsp3) is 0.500. The molecule has 0 bridgehead atoms. The first kappa shape index (κ1) is 30.8. The predicted molar refractivity (Wildman–Crippen MR) is 164 cm³/mol. The zero-order valence-corrected chi connectivity index (χ0v) is 25.1. The molecule has 2 aromatic rings. The van der Waals surface area contributed by atoms with Crippen LogP contribution in [0.2, 0.25) is 0 Å². The minimum absolute atomic E-state index is 0.0194. The van der Waals surface area contributed by atoms with Crippen LogP contribution in [0.15, 0.2) is 66.7 Å². The van der Waals surface area contributed by atoms with Crippen LogP contribution >= 0.6 is 0 Å². The summed E-state index contributed by atoms with van der Waals surface area (Å²) in [7, 11) is 1.63. The lowest BCUT2D eigenvalue weighted by Crippen LogP contribution is -2.58. The van der Waals surface area contributed by atoms with Gasteiger partial charge < -0.3 is 25.4 Å². The van der Waals surface area contributed by atoms with E-state index in [-0.39, 0.29) is 29.7 Å². The van der Waals surface area contributed by atoms with Gasteiger partial charge >= 0.3 is 0 Å². The number of likely N-dealkylation sites (tertiary alicyclic amines) is 1. The van der Waals surface area contributed by atoms with E-state index in [9.17, 15) is 14.4 Å². The molecule has 0 aromatic heterocycles. The Labute approximate surface area is 254 Å². The van der Waals surface area contributed by atoms with Crippen molar-refractivity contribution in [1.29, 1.82) is 0 Å². The Bertz CT molecular complexity index is 1260. The largest absolute Gasteiger partial charge is 0.497 e. The summed E-state index contributed by atoms with van der Waals surface area (Å²) in [6.07, 6.45) is 8.12. The van der Waals surface area contributed by atoms with Crippen molar-refractivity contribution in [3.63, 3.8) is 0 Å². The molecule has 2 saturated heterocycles. The lowest BCUT2D eigenvalue weighted by molar-refractivity contribution is -0.140. The van der Waals surface area contributed by atoms with Crippen LogP contribution in [0.1, 0.15) is 43.2 Å². The average molecular weight is 589 g/mol. The quantitative estimate of drug-likeness (QED) is 0.430. The van der Waals surface area contributed by atoms with Crippen LogP contribution in [0.3, 0.4) is 0 Å². The third kappa shape index (κ3) is 8.24. The van der Waals surface area contributed by atoms with E-state index in [2.05, 4.69) is 33.0 Å². The van der Waals surface area contributed by atoms with Gasteiger partial charge in [-0.25, -0.2) is 0 Å². The molecule has 3 atom stereocenters. The van der Waals surface area contributed by atoms with Gasteiger partial charge in [-0.1, -0.05) is 54.6 Å². The second-order valence-electron chi connectivity index (χ2n) is 12.0. The van der Waals surface area contributed by atoms with Crippen LogP contribution in [0.5, 0.6) is 5.75 Å². The summed E-state index contributed by atoms with van der Waals surface area (Å²) in [5, 5.41) is 9.48. The van der Waals surface area contributed by atoms with Crippen molar-refractivity contribution < 1.29 is 23.9 Å². The van der Waals surface area contributed by atoms with Crippen molar-refractivity contribution in [2.75, 3.05) is 40.0 Å². The maximum Gasteiger partial charge on any atom is 0.243 e. The van der Waals surface area contributed by atoms with Gasteiger partial charge in [0.15, 0.2) is 0 Å². The molecule has 0 unspecified atom stereocenters. The highest BCUT2D eigenvalue weighted by Gasteiger charge is 2.41. The van der Waals surface area contributed by atoms with Crippen LogP contribution in [0.25, 0.3) is 0 Å². The number of hydrogen-bond acceptors (Lipinski definition) is 6. The molecule has 3 aliphatic rings. The average Bonchev–Trinajstić information content (AvgIpc) is 3.03. The minimum atomic E-state index is -0.666. The van der Waals surface area contributed by atoms with Crippen molar-refractivity contribution in [3.05, 3.63) is 77.9 Å². The first-order valence-electron chi connectivity index (χ1n) is 15.4. The molecule has 9 heteroatoms. The smallest absolute Gasteiger partial charge is 0.243 e. The number of hydrogen-bond donors (Lipinski definition) is 3. The predicted octanol–water partition coefficient (Wildman–Crippen LogP) is 2.99. The first-order valence-corrected chi connectivity index (χ1v) is 15.4. The number of piperidine rings is 1. The second kappa shape index (κ2) is 14.7. The number of ether oxygens (including phenoxy) is 2. The number of fused-ring (bicyclic) bond motifs is 1. The molecule has 0 aliphatic carbocycles. The Balaban J connectivity index is 1.26. The summed E-state index contributed by atoms with van der Waals surface area (Å²) in [6.45, 7) is 3.27. The van der Waals surface area contributed by atoms with E-state index in [0.717, 1.165) is 29.7 Å². The lowest BCUT2D eigenvalue weighted by Gasteiger charge is -2.40. The second-order valence-corrected chi connectivity index (χ2v) is 12.0. The van der Waals surface area contributed by atoms with E-state index in [1.807, 2.05) is 54.6 Å². The maximum absolute atomic E-state index is 13.8. The summed E-state index contributed by atoms with van der Waals surface area (Å²) in [5.41, 5.74) is 1.44. The number of amides is 3. The molecule has 3 heterocycles. The Morgan fingerprint density at radius 2 is 1.79 bits per heavy atom. The number of benzene rings is 2. The topological polar surface area (TPSA) is 109 Å². The van der Waals surface area contributed by atoms with Gasteiger partial charge in [0.05, 0.1) is 19.1 Å². The number of allylic oxidation sites excluding steroid dienone is 2. The van der Waals surface area contributed by atoms with Gasteiger partial charge in [-0.2, -0.15) is 0 Å². The van der Waals surface area contributed by atoms with Gasteiger partial charge in [0.2, 0.25) is 17.7 Å². The molecule has 0 radical (unpaired) electrons. The standard InChI is InChI=1S/C34H44N4O5/c1-42-28-12-10-26(11-13-28)22-35-31(39)24-38-18-14-29-27(23-38)9-5-6-15-34(16-19-43-20-17-34)33(41)37-30(32(40)36-29)21-25-7-3-2-4-8-25/h2-8,10-13,27,29-30H,9,14-24H2,1H3,(H,35,39)(H,36,40)(H,37,41)/b6-5+/t27-,29+,30+/m0/s1. The number of rotatable bonds is 7. The molecule has 1 spiro atoms. The van der Waals surface area contributed by atoms with Crippen LogP contribution in [0.4, 0.5) is 0 Å². The lowest BCUT2D eigenvalue weighted by atomic mass is 9.75. The molecule has 3 N–H and O–H groups in total. The number of carbonyl (C=O) groups excluding carboxylic acids is 3. The summed E-state index contributed by atoms with van der Waals surface area (Å²) in [5.74, 6) is 0.706. The van der Waals surface area contributed by atoms with E-state index in [1.165, 1.54) is 0 Å². The molecular weight excluding hydrogens is 544 g/mol. The van der Waals surface area contributed by atoms with Crippen molar-refractivity contribution >= 4 is 17.7 Å². The number of nitrogens with zero attached hydrogens (tertiary/aromatic N) is 1. The molecule has 230 valence electrons. The van der Waals surface area contributed by atoms with Crippen molar-refractivity contribution in [3.8, 4) is 5.75 Å². The number of carbonyl (C=O) groups is 3. The summed E-state index contributed by atoms with van der Waals surface area (Å²) < 4.78 is 10.8. The molecule has 2 aromatic carbocycles. The Morgan fingerprint density at radius 1 is 1.02 bits per heavy atom. The molecule has 43 heavy (non-hydrogen) atoms. The van der Waals surface area contributed by atoms with E-state index in [4.69, 9.17) is 9.47 Å². The maximum atomic E-state index is 13.8. The van der Waals surface area contributed by atoms with Gasteiger partial charge in [0, 0.05) is 45.3 Å². The highest BCUT2D eigenvalue weighted by molar-refractivity contribution is 5.90. The van der Waals surface area contributed by atoms with Crippen molar-refractivity contribution in [2.24, 2.45) is 11.3 Å². The zero-order chi connectivity index (χ0) is 30.1. The minimum Gasteiger partial charge on any atom is -0.497 e. The number of nitrogens with one attached hydrogen (secondary N) is 3. The summed E-state index contributed by atoms with van der Waals surface area (Å²) >= 11 is 0. The van der Waals surface area contributed by atoms with Gasteiger partial charge in [-0.3, -0.25) is 19.3 Å². The molecule has 9 nitrogen and oxygen atoms in total. The van der Waals surface area contributed by atoms with Crippen LogP contribution < -0.4 is 20.7 Å². The Kier molecular flexibility index (Phi) is 10.5. The van der Waals surface area contributed by atoms with Crippen LogP contribution in [-0.2, 0) is 32.1 Å². The highest BCUT2D eigenvalue weighted by atomic mass is 16.5. The SMILES string of the molecule is COc1ccc(CNC(=O)CN2CC[C@H]3NC(=O)[C@@H](Cc4ccccc4)NC(=O)C4(C/C=C/C[C@H]3C2)CCOCC4)cc1. The third-order valence-corrected chi connectivity index (χ3v) is 9.11. The molecule has 5 rings (SSSR count). The van der Waals surface area contributed by atoms with Gasteiger partial charge in [0.1, 0.15) is 11.8 Å². The fourth-order valence-electron chi connectivity index (χ4n) is 6.40. The van der Waals surface area contributed by atoms with E-state index in [1.54, 1.807) is 7.11 Å². The Morgan fingerprint density at radius 3 is 2.53 bits per heavy atom. The number of methoxy groups -OCH3 is 1. The fourth-order valence-corrected chi connectivity index (χ4v) is 6.40. The zero-order valence-electron chi connectivity index (χ0n) is 25.1. The highest BCUT2D eigenvalue weighted by Crippen LogP contribution is 2.36. The van der Waals surface area contributed by atoms with Crippen LogP contribution in [0, 0.1) is 11.3 Å². The Hall–Kier alpha value is -3.69. The van der Waals surface area contributed by atoms with Crippen molar-refractivity contribution in [1.82, 2.24) is 20.9 Å². The van der Waals surface area contributed by atoms with Gasteiger partial charge in [-0.05, 0) is 61.3 Å². The van der Waals surface area contributed by atoms with Crippen molar-refractivity contribution in [2.45, 2.75) is 57.2 Å². The van der Waals surface area contributed by atoms with Crippen LogP contribution in [-0.4, -0.2) is 74.7 Å². The molecule has 2 fully saturated rings. The molecule has 0 saturated carbocycles. The normalized spacial score (nSPS) is 25.3. The molecule has 3 amide bonds. The van der Waals surface area contributed by atoms with E-state index >= 15 is 0 Å². The summed E-state index contributed by atoms with van der Waals surface area (Å²) in [4.78, 5) is 42.5. The monoisotopic (exact) mass is 588 g/mol. The van der Waals surface area contributed by atoms with Gasteiger partial charge in [0.25, 0.3) is 0 Å². The van der Waals surface area contributed by atoms with Gasteiger partial charge in [-0.15, -0.1) is 0 Å². The molecular formula is C34H44N4O5. The third-order valence-electron chi connectivity index (χ3n) is 9.11. The molecule has 3 aliphatic heterocycles. The summed E-state index contributed by atoms with van der Waals surface area (Å²) in [6, 6.07) is 16.8. The van der Waals surface area contributed by atoms with E-state index < -0.39 is 11.5 Å². The first-order chi connectivity index (χ1) is 20.9.